The lowest BCUT2D eigenvalue weighted by Gasteiger charge is -2.41. The first-order valence-electron chi connectivity index (χ1n) is 7.76. The maximum atomic E-state index is 11.3. The molecule has 2 rings (SSSR count). The van der Waals surface area contributed by atoms with E-state index in [-0.39, 0.29) is 5.69 Å². The van der Waals surface area contributed by atoms with Crippen LogP contribution in [0.25, 0.3) is 0 Å². The van der Waals surface area contributed by atoms with Gasteiger partial charge < -0.3 is 4.90 Å². The summed E-state index contributed by atoms with van der Waals surface area (Å²) in [5, 5.41) is 7.76. The lowest BCUT2D eigenvalue weighted by Crippen LogP contribution is -2.40. The average molecular weight is 294 g/mol. The van der Waals surface area contributed by atoms with Crippen LogP contribution in [0.5, 0.6) is 0 Å². The molecular weight excluding hydrogens is 268 g/mol. The van der Waals surface area contributed by atoms with Crippen molar-refractivity contribution >= 4 is 5.91 Å². The number of hydrogen-bond acceptors (Lipinski definition) is 5. The number of piperidine rings is 1. The first kappa shape index (κ1) is 15.9. The highest BCUT2D eigenvalue weighted by molar-refractivity contribution is 5.91. The Bertz CT molecular complexity index is 458. The number of nitrogens with two attached hydrogens (primary N) is 1. The number of hydrogen-bond donors (Lipinski definition) is 2. The maximum Gasteiger partial charge on any atom is 0.287 e. The monoisotopic (exact) mass is 294 g/mol. The van der Waals surface area contributed by atoms with Gasteiger partial charge >= 0.3 is 0 Å². The van der Waals surface area contributed by atoms with E-state index in [1.165, 1.54) is 25.7 Å². The topological polar surface area (TPSA) is 89.1 Å². The quantitative estimate of drug-likeness (QED) is 0.460. The maximum absolute atomic E-state index is 11.3. The number of carbonyl (C=O) groups excluding carboxylic acids is 1. The van der Waals surface area contributed by atoms with Crippen molar-refractivity contribution in [1.82, 2.24) is 25.3 Å². The molecule has 1 saturated heterocycles. The Morgan fingerprint density at radius 1 is 1.33 bits per heavy atom. The molecule has 1 fully saturated rings. The second kappa shape index (κ2) is 7.00. The third kappa shape index (κ3) is 3.79. The van der Waals surface area contributed by atoms with Gasteiger partial charge in [-0.3, -0.25) is 14.9 Å². The van der Waals surface area contributed by atoms with Crippen molar-refractivity contribution in [3.63, 3.8) is 0 Å². The predicted molar refractivity (Wildman–Crippen MR) is 80.4 cm³/mol. The van der Waals surface area contributed by atoms with Crippen LogP contribution in [0.3, 0.4) is 0 Å². The molecule has 0 spiro atoms. The van der Waals surface area contributed by atoms with Crippen LogP contribution in [0.15, 0.2) is 6.20 Å². The number of likely N-dealkylation sites (tertiary alicyclic amines) is 1. The smallest absolute Gasteiger partial charge is 0.287 e. The van der Waals surface area contributed by atoms with E-state index in [0.29, 0.717) is 5.41 Å². The van der Waals surface area contributed by atoms with E-state index in [9.17, 15) is 4.79 Å². The Morgan fingerprint density at radius 2 is 2.00 bits per heavy atom. The number of carbonyl (C=O) groups is 1. The van der Waals surface area contributed by atoms with Gasteiger partial charge in [-0.2, -0.15) is 0 Å². The summed E-state index contributed by atoms with van der Waals surface area (Å²) >= 11 is 0. The van der Waals surface area contributed by atoms with Crippen molar-refractivity contribution in [2.24, 2.45) is 11.3 Å². The van der Waals surface area contributed by atoms with E-state index in [1.54, 1.807) is 10.9 Å². The number of nitrogens with one attached hydrogen (secondary N) is 1. The van der Waals surface area contributed by atoms with E-state index >= 15 is 0 Å². The fourth-order valence-corrected chi connectivity index (χ4v) is 3.04. The molecule has 7 heteroatoms. The Kier molecular flexibility index (Phi) is 5.30. The van der Waals surface area contributed by atoms with Crippen LogP contribution in [0, 0.1) is 5.41 Å². The van der Waals surface area contributed by atoms with Gasteiger partial charge in [0.25, 0.3) is 5.91 Å². The number of hydrazine groups is 1. The zero-order valence-corrected chi connectivity index (χ0v) is 13.0. The first-order chi connectivity index (χ1) is 10.1. The predicted octanol–water partition coefficient (Wildman–Crippen LogP) is 0.784. The molecule has 7 nitrogen and oxygen atoms in total. The Hall–Kier alpha value is -1.47. The van der Waals surface area contributed by atoms with Crippen molar-refractivity contribution in [3.8, 4) is 0 Å². The van der Waals surface area contributed by atoms with Crippen molar-refractivity contribution in [2.75, 3.05) is 19.6 Å². The molecule has 0 aliphatic carbocycles. The number of rotatable bonds is 6. The highest BCUT2D eigenvalue weighted by Crippen LogP contribution is 2.37. The molecule has 1 amide bonds. The Labute approximate surface area is 125 Å². The summed E-state index contributed by atoms with van der Waals surface area (Å²) in [6.07, 6.45) is 6.74. The van der Waals surface area contributed by atoms with Crippen LogP contribution in [0.4, 0.5) is 0 Å². The molecular formula is C14H26N6O. The number of nitrogens with zero attached hydrogens (tertiary/aromatic N) is 4. The molecule has 2 heterocycles. The summed E-state index contributed by atoms with van der Waals surface area (Å²) in [6, 6.07) is 0. The normalized spacial score (nSPS) is 18.6. The molecule has 0 atom stereocenters. The number of aromatic nitrogens is 3. The Morgan fingerprint density at radius 3 is 2.57 bits per heavy atom. The van der Waals surface area contributed by atoms with Crippen molar-refractivity contribution in [3.05, 3.63) is 11.9 Å². The van der Waals surface area contributed by atoms with Crippen molar-refractivity contribution in [2.45, 2.75) is 46.1 Å². The van der Waals surface area contributed by atoms with Gasteiger partial charge in [-0.15, -0.1) is 5.10 Å². The summed E-state index contributed by atoms with van der Waals surface area (Å²) in [5.41, 5.74) is 2.87. The van der Waals surface area contributed by atoms with Crippen LogP contribution in [0.2, 0.25) is 0 Å². The first-order valence-corrected chi connectivity index (χ1v) is 7.76. The van der Waals surface area contributed by atoms with E-state index in [1.807, 2.05) is 0 Å². The summed E-state index contributed by atoms with van der Waals surface area (Å²) in [6.45, 7) is 8.59. The molecule has 0 aromatic carbocycles. The highest BCUT2D eigenvalue weighted by Gasteiger charge is 2.30. The summed E-state index contributed by atoms with van der Waals surface area (Å²) in [4.78, 5) is 13.8. The lowest BCUT2D eigenvalue weighted by atomic mass is 9.74. The molecule has 0 saturated carbocycles. The van der Waals surface area contributed by atoms with E-state index in [0.717, 1.165) is 26.2 Å². The van der Waals surface area contributed by atoms with Gasteiger partial charge in [0.15, 0.2) is 5.69 Å². The lowest BCUT2D eigenvalue weighted by molar-refractivity contribution is 0.0922. The van der Waals surface area contributed by atoms with Gasteiger partial charge in [-0.1, -0.05) is 31.9 Å². The largest absolute Gasteiger partial charge is 0.301 e. The van der Waals surface area contributed by atoms with Crippen LogP contribution in [-0.4, -0.2) is 45.4 Å². The summed E-state index contributed by atoms with van der Waals surface area (Å²) in [5.74, 6) is 4.66. The molecule has 1 aliphatic rings. The number of nitrogen functional groups attached to an aromatic ring is 1. The fraction of sp³-hybridized carbons (Fsp3) is 0.786. The number of amides is 1. The van der Waals surface area contributed by atoms with Crippen LogP contribution in [-0.2, 0) is 6.54 Å². The van der Waals surface area contributed by atoms with Gasteiger partial charge in [0, 0.05) is 6.54 Å². The minimum atomic E-state index is -0.408. The van der Waals surface area contributed by atoms with Gasteiger partial charge in [0.1, 0.15) is 0 Å². The second-order valence-corrected chi connectivity index (χ2v) is 5.89. The standard InChI is InChI=1S/C14H26N6O/c1-3-14(4-2)5-7-19(8-6-14)9-10-20-11-12(17-18-20)13(21)16-15/h11H,3-10,15H2,1-2H3,(H,16,21). The third-order valence-electron chi connectivity index (χ3n) is 4.96. The van der Waals surface area contributed by atoms with Crippen LogP contribution < -0.4 is 11.3 Å². The molecule has 1 aromatic rings. The van der Waals surface area contributed by atoms with Gasteiger partial charge in [-0.25, -0.2) is 5.84 Å². The average Bonchev–Trinajstić information content (AvgIpc) is 3.01. The molecule has 0 unspecified atom stereocenters. The minimum absolute atomic E-state index is 0.257. The molecule has 0 radical (unpaired) electrons. The van der Waals surface area contributed by atoms with E-state index < -0.39 is 5.91 Å². The van der Waals surface area contributed by atoms with Crippen molar-refractivity contribution in [1.29, 1.82) is 0 Å². The zero-order valence-electron chi connectivity index (χ0n) is 13.0. The summed E-state index contributed by atoms with van der Waals surface area (Å²) in [7, 11) is 0. The van der Waals surface area contributed by atoms with Gasteiger partial charge in [0.05, 0.1) is 12.7 Å². The molecule has 1 aromatic heterocycles. The minimum Gasteiger partial charge on any atom is -0.301 e. The van der Waals surface area contributed by atoms with Crippen LogP contribution in [0.1, 0.15) is 50.0 Å². The Balaban J connectivity index is 1.80. The zero-order chi connectivity index (χ0) is 15.3. The SMILES string of the molecule is CCC1(CC)CCN(CCn2cc(C(=O)NN)nn2)CC1. The fourth-order valence-electron chi connectivity index (χ4n) is 3.04. The van der Waals surface area contributed by atoms with Gasteiger partial charge in [-0.05, 0) is 31.3 Å². The van der Waals surface area contributed by atoms with Crippen LogP contribution >= 0.6 is 0 Å². The molecule has 3 N–H and O–H groups in total. The van der Waals surface area contributed by atoms with Crippen molar-refractivity contribution < 1.29 is 4.79 Å². The molecule has 21 heavy (non-hydrogen) atoms. The van der Waals surface area contributed by atoms with E-state index in [2.05, 4.69) is 34.5 Å². The summed E-state index contributed by atoms with van der Waals surface area (Å²) < 4.78 is 1.70. The van der Waals surface area contributed by atoms with Gasteiger partial charge in [0.2, 0.25) is 0 Å². The molecule has 118 valence electrons. The molecule has 1 aliphatic heterocycles. The molecule has 0 bridgehead atoms. The highest BCUT2D eigenvalue weighted by atomic mass is 16.2. The third-order valence-corrected chi connectivity index (χ3v) is 4.96. The van der Waals surface area contributed by atoms with E-state index in [4.69, 9.17) is 5.84 Å². The second-order valence-electron chi connectivity index (χ2n) is 5.89.